The number of carbonyl (C=O) groups is 1. The molecule has 0 aliphatic carbocycles. The van der Waals surface area contributed by atoms with Gasteiger partial charge in [-0.25, -0.2) is 0 Å². The van der Waals surface area contributed by atoms with E-state index in [0.717, 1.165) is 30.6 Å². The molecule has 1 fully saturated rings. The standard InChI is InChI=1S/C13H14N2O2S/c16-12(14-5-1-2-6-14)9-15-7-3-11-10(13(15)17)4-8-18-11/h3-4,7-8H,1-2,5-6,9H2. The number of fused-ring (bicyclic) bond motifs is 1. The van der Waals surface area contributed by atoms with E-state index in [1.165, 1.54) is 4.57 Å². The molecule has 2 aromatic heterocycles. The number of rotatable bonds is 2. The van der Waals surface area contributed by atoms with Crippen LogP contribution in [-0.4, -0.2) is 28.5 Å². The molecule has 0 spiro atoms. The second-order valence-corrected chi connectivity index (χ2v) is 5.48. The van der Waals surface area contributed by atoms with Crippen LogP contribution in [0.2, 0.25) is 0 Å². The van der Waals surface area contributed by atoms with Crippen molar-refractivity contribution in [2.75, 3.05) is 13.1 Å². The Balaban J connectivity index is 1.88. The maximum Gasteiger partial charge on any atom is 0.259 e. The topological polar surface area (TPSA) is 42.3 Å². The molecule has 1 aliphatic heterocycles. The monoisotopic (exact) mass is 262 g/mol. The highest BCUT2D eigenvalue weighted by atomic mass is 32.1. The molecule has 1 saturated heterocycles. The third-order valence-corrected chi connectivity index (χ3v) is 4.24. The number of hydrogen-bond acceptors (Lipinski definition) is 3. The number of thiophene rings is 1. The molecule has 0 N–H and O–H groups in total. The van der Waals surface area contributed by atoms with Gasteiger partial charge in [-0.15, -0.1) is 11.3 Å². The van der Waals surface area contributed by atoms with E-state index in [9.17, 15) is 9.59 Å². The summed E-state index contributed by atoms with van der Waals surface area (Å²) in [5.74, 6) is 0.0455. The van der Waals surface area contributed by atoms with Gasteiger partial charge in [0, 0.05) is 24.0 Å². The van der Waals surface area contributed by atoms with Crippen LogP contribution in [0, 0.1) is 0 Å². The van der Waals surface area contributed by atoms with Gasteiger partial charge in [0.05, 0.1) is 5.39 Å². The van der Waals surface area contributed by atoms with Crippen molar-refractivity contribution in [2.45, 2.75) is 19.4 Å². The fourth-order valence-electron chi connectivity index (χ4n) is 2.34. The van der Waals surface area contributed by atoms with Crippen LogP contribution in [0.3, 0.4) is 0 Å². The smallest absolute Gasteiger partial charge is 0.259 e. The van der Waals surface area contributed by atoms with E-state index >= 15 is 0 Å². The Labute approximate surface area is 108 Å². The van der Waals surface area contributed by atoms with Gasteiger partial charge in [-0.1, -0.05) is 0 Å². The molecule has 0 aromatic carbocycles. The Morgan fingerprint density at radius 3 is 2.83 bits per heavy atom. The first kappa shape index (κ1) is 11.5. The van der Waals surface area contributed by atoms with Crippen molar-refractivity contribution >= 4 is 27.3 Å². The summed E-state index contributed by atoms with van der Waals surface area (Å²) in [6, 6.07) is 3.72. The molecule has 1 amide bonds. The predicted octanol–water partition coefficient (Wildman–Crippen LogP) is 1.69. The molecule has 4 nitrogen and oxygen atoms in total. The van der Waals surface area contributed by atoms with Gasteiger partial charge in [-0.3, -0.25) is 9.59 Å². The van der Waals surface area contributed by atoms with Gasteiger partial charge < -0.3 is 9.47 Å². The van der Waals surface area contributed by atoms with Gasteiger partial charge in [0.25, 0.3) is 5.56 Å². The zero-order chi connectivity index (χ0) is 12.5. The van der Waals surface area contributed by atoms with E-state index in [2.05, 4.69) is 0 Å². The van der Waals surface area contributed by atoms with Crippen molar-refractivity contribution in [3.63, 3.8) is 0 Å². The second kappa shape index (κ2) is 4.57. The van der Waals surface area contributed by atoms with Crippen molar-refractivity contribution in [3.05, 3.63) is 34.1 Å². The molecule has 94 valence electrons. The molecule has 1 aliphatic rings. The normalized spacial score (nSPS) is 15.4. The molecule has 0 atom stereocenters. The Bertz CT molecular complexity index is 638. The molecular formula is C13H14N2O2S. The predicted molar refractivity (Wildman–Crippen MR) is 71.9 cm³/mol. The lowest BCUT2D eigenvalue weighted by molar-refractivity contribution is -0.130. The van der Waals surface area contributed by atoms with E-state index in [-0.39, 0.29) is 18.0 Å². The second-order valence-electron chi connectivity index (χ2n) is 4.54. The lowest BCUT2D eigenvalue weighted by atomic mass is 10.3. The zero-order valence-electron chi connectivity index (χ0n) is 9.96. The summed E-state index contributed by atoms with van der Waals surface area (Å²) in [4.78, 5) is 26.0. The molecule has 0 saturated carbocycles. The first-order valence-electron chi connectivity index (χ1n) is 6.10. The Morgan fingerprint density at radius 2 is 2.06 bits per heavy atom. The largest absolute Gasteiger partial charge is 0.341 e. The van der Waals surface area contributed by atoms with E-state index in [4.69, 9.17) is 0 Å². The van der Waals surface area contributed by atoms with Gasteiger partial charge in [-0.2, -0.15) is 0 Å². The molecule has 2 aromatic rings. The van der Waals surface area contributed by atoms with Gasteiger partial charge in [0.2, 0.25) is 5.91 Å². The van der Waals surface area contributed by atoms with Crippen molar-refractivity contribution in [2.24, 2.45) is 0 Å². The summed E-state index contributed by atoms with van der Waals surface area (Å²) >= 11 is 1.55. The molecule has 3 rings (SSSR count). The minimum absolute atomic E-state index is 0.0455. The summed E-state index contributed by atoms with van der Waals surface area (Å²) < 4.78 is 2.49. The molecule has 18 heavy (non-hydrogen) atoms. The quantitative estimate of drug-likeness (QED) is 0.826. The average molecular weight is 262 g/mol. The third kappa shape index (κ3) is 1.95. The molecule has 0 unspecified atom stereocenters. The van der Waals surface area contributed by atoms with E-state index in [0.29, 0.717) is 5.39 Å². The minimum atomic E-state index is -0.0682. The Hall–Kier alpha value is -1.62. The van der Waals surface area contributed by atoms with Crippen molar-refractivity contribution in [1.29, 1.82) is 0 Å². The third-order valence-electron chi connectivity index (χ3n) is 3.36. The Kier molecular flexibility index (Phi) is 2.91. The fraction of sp³-hybridized carbons (Fsp3) is 0.385. The van der Waals surface area contributed by atoms with Crippen LogP contribution in [0.5, 0.6) is 0 Å². The number of aromatic nitrogens is 1. The maximum atomic E-state index is 12.1. The summed E-state index contributed by atoms with van der Waals surface area (Å²) in [5, 5.41) is 2.61. The van der Waals surface area contributed by atoms with Gasteiger partial charge in [-0.05, 0) is 30.4 Å². The average Bonchev–Trinajstić information content (AvgIpc) is 3.02. The SMILES string of the molecule is O=C(Cn1ccc2sccc2c1=O)N1CCCC1. The van der Waals surface area contributed by atoms with Gasteiger partial charge in [0.15, 0.2) is 0 Å². The highest BCUT2D eigenvalue weighted by Gasteiger charge is 2.18. The number of amides is 1. The highest BCUT2D eigenvalue weighted by molar-refractivity contribution is 7.17. The number of carbonyl (C=O) groups excluding carboxylic acids is 1. The van der Waals surface area contributed by atoms with Crippen LogP contribution in [-0.2, 0) is 11.3 Å². The number of hydrogen-bond donors (Lipinski definition) is 0. The lowest BCUT2D eigenvalue weighted by Crippen LogP contribution is -2.34. The summed E-state index contributed by atoms with van der Waals surface area (Å²) in [6.07, 6.45) is 3.86. The minimum Gasteiger partial charge on any atom is -0.341 e. The molecule has 5 heteroatoms. The summed E-state index contributed by atoms with van der Waals surface area (Å²) in [6.45, 7) is 1.81. The molecular weight excluding hydrogens is 248 g/mol. The number of likely N-dealkylation sites (tertiary alicyclic amines) is 1. The van der Waals surface area contributed by atoms with Crippen LogP contribution in [0.25, 0.3) is 10.1 Å². The highest BCUT2D eigenvalue weighted by Crippen LogP contribution is 2.16. The van der Waals surface area contributed by atoms with Crippen LogP contribution in [0.1, 0.15) is 12.8 Å². The van der Waals surface area contributed by atoms with Crippen LogP contribution in [0.15, 0.2) is 28.5 Å². The summed E-state index contributed by atoms with van der Waals surface area (Å²) in [5.41, 5.74) is -0.0682. The summed E-state index contributed by atoms with van der Waals surface area (Å²) in [7, 11) is 0. The van der Waals surface area contributed by atoms with Crippen LogP contribution < -0.4 is 5.56 Å². The first-order valence-corrected chi connectivity index (χ1v) is 6.98. The van der Waals surface area contributed by atoms with E-state index < -0.39 is 0 Å². The lowest BCUT2D eigenvalue weighted by Gasteiger charge is -2.15. The fourth-order valence-corrected chi connectivity index (χ4v) is 3.12. The number of nitrogens with zero attached hydrogens (tertiary/aromatic N) is 2. The Morgan fingerprint density at radius 1 is 1.28 bits per heavy atom. The molecule has 0 radical (unpaired) electrons. The van der Waals surface area contributed by atoms with Crippen molar-refractivity contribution in [1.82, 2.24) is 9.47 Å². The molecule has 0 bridgehead atoms. The van der Waals surface area contributed by atoms with Gasteiger partial charge >= 0.3 is 0 Å². The van der Waals surface area contributed by atoms with Crippen molar-refractivity contribution < 1.29 is 4.79 Å². The van der Waals surface area contributed by atoms with E-state index in [1.54, 1.807) is 17.5 Å². The van der Waals surface area contributed by atoms with Crippen molar-refractivity contribution in [3.8, 4) is 0 Å². The van der Waals surface area contributed by atoms with Crippen LogP contribution in [0.4, 0.5) is 0 Å². The first-order chi connectivity index (χ1) is 8.75. The zero-order valence-corrected chi connectivity index (χ0v) is 10.8. The number of pyridine rings is 1. The van der Waals surface area contributed by atoms with Crippen LogP contribution >= 0.6 is 11.3 Å². The maximum absolute atomic E-state index is 12.1. The van der Waals surface area contributed by atoms with Gasteiger partial charge in [0.1, 0.15) is 6.54 Å². The molecule has 3 heterocycles. The van der Waals surface area contributed by atoms with E-state index in [1.807, 2.05) is 22.4 Å².